The van der Waals surface area contributed by atoms with Crippen molar-refractivity contribution in [2.75, 3.05) is 12.5 Å². The molecule has 1 rings (SSSR count). The molecule has 0 saturated carbocycles. The molecule has 70 valence electrons. The summed E-state index contributed by atoms with van der Waals surface area (Å²) in [4.78, 5) is 10.8. The third-order valence-corrected chi connectivity index (χ3v) is 1.38. The van der Waals surface area contributed by atoms with Gasteiger partial charge in [0.2, 0.25) is 0 Å². The van der Waals surface area contributed by atoms with Gasteiger partial charge in [-0.15, -0.1) is 0 Å². The van der Waals surface area contributed by atoms with E-state index in [9.17, 15) is 4.79 Å². The topological polar surface area (TPSA) is 64.6 Å². The molecule has 0 unspecified atom stereocenters. The maximum Gasteiger partial charge on any atom is 0.359 e. The van der Waals surface area contributed by atoms with Crippen LogP contribution in [-0.2, 0) is 0 Å². The molecule has 0 aromatic heterocycles. The molecule has 0 spiro atoms. The second-order valence-corrected chi connectivity index (χ2v) is 2.44. The maximum absolute atomic E-state index is 10.8. The van der Waals surface area contributed by atoms with Gasteiger partial charge in [0.15, 0.2) is 0 Å². The van der Waals surface area contributed by atoms with Gasteiger partial charge in [-0.2, -0.15) is 0 Å². The summed E-state index contributed by atoms with van der Waals surface area (Å²) < 4.78 is 0. The first-order valence-corrected chi connectivity index (χ1v) is 3.74. The number of nitrogens with zero attached hydrogens (tertiary/aromatic N) is 1. The van der Waals surface area contributed by atoms with Gasteiger partial charge in [0, 0.05) is 7.05 Å². The fraction of sp³-hybridized carbons (Fsp3) is 0.125. The van der Waals surface area contributed by atoms with Crippen molar-refractivity contribution in [2.45, 2.75) is 0 Å². The summed E-state index contributed by atoms with van der Waals surface area (Å²) in [5.74, 6) is 0. The Bertz CT molecular complexity index is 274. The minimum Gasteiger partial charge on any atom is -0.297 e. The quantitative estimate of drug-likeness (QED) is 0.472. The molecule has 0 atom stereocenters. The summed E-state index contributed by atoms with van der Waals surface area (Å²) >= 11 is 0. The van der Waals surface area contributed by atoms with Gasteiger partial charge in [0.1, 0.15) is 0 Å². The highest BCUT2D eigenvalue weighted by Gasteiger charge is 2.02. The van der Waals surface area contributed by atoms with E-state index in [2.05, 4.69) is 10.9 Å². The highest BCUT2D eigenvalue weighted by molar-refractivity contribution is 5.74. The number of hydrogen-bond acceptors (Lipinski definition) is 3. The number of carbonyl (C=O) groups excluding carboxylic acids is 1. The first-order valence-electron chi connectivity index (χ1n) is 3.74. The van der Waals surface area contributed by atoms with Crippen LogP contribution in [0.2, 0.25) is 0 Å². The predicted octanol–water partition coefficient (Wildman–Crippen LogP) is 1.04. The lowest BCUT2D eigenvalue weighted by Gasteiger charge is -2.11. The smallest absolute Gasteiger partial charge is 0.297 e. The standard InChI is InChI=1S/C8H11N3O2/c1-11(13)8(12)10-9-7-5-3-2-4-6-7/h2-6,9,13H,1H3,(H,10,12). The molecule has 2 amide bonds. The van der Waals surface area contributed by atoms with E-state index in [0.29, 0.717) is 5.06 Å². The molecule has 0 radical (unpaired) electrons. The Hall–Kier alpha value is -1.75. The molecule has 13 heavy (non-hydrogen) atoms. The van der Waals surface area contributed by atoms with E-state index in [0.717, 1.165) is 5.69 Å². The Balaban J connectivity index is 2.40. The number of urea groups is 1. The zero-order valence-electron chi connectivity index (χ0n) is 7.19. The first-order chi connectivity index (χ1) is 6.20. The SMILES string of the molecule is CN(O)C(=O)NNc1ccccc1. The molecule has 0 heterocycles. The third kappa shape index (κ3) is 3.00. The van der Waals surface area contributed by atoms with Crippen LogP contribution in [0.25, 0.3) is 0 Å². The van der Waals surface area contributed by atoms with E-state index >= 15 is 0 Å². The van der Waals surface area contributed by atoms with Gasteiger partial charge in [-0.25, -0.2) is 15.3 Å². The zero-order valence-corrected chi connectivity index (χ0v) is 7.19. The highest BCUT2D eigenvalue weighted by Crippen LogP contribution is 2.02. The van der Waals surface area contributed by atoms with Gasteiger partial charge in [-0.1, -0.05) is 18.2 Å². The van der Waals surface area contributed by atoms with E-state index < -0.39 is 6.03 Å². The highest BCUT2D eigenvalue weighted by atomic mass is 16.5. The van der Waals surface area contributed by atoms with Gasteiger partial charge in [0.05, 0.1) is 5.69 Å². The molecule has 0 saturated heterocycles. The normalized spacial score (nSPS) is 9.08. The average molecular weight is 181 g/mol. The lowest BCUT2D eigenvalue weighted by molar-refractivity contribution is -0.0174. The Morgan fingerprint density at radius 3 is 2.54 bits per heavy atom. The number of benzene rings is 1. The monoisotopic (exact) mass is 181 g/mol. The molecule has 0 fully saturated rings. The molecular formula is C8H11N3O2. The molecule has 3 N–H and O–H groups in total. The van der Waals surface area contributed by atoms with Crippen molar-refractivity contribution in [1.82, 2.24) is 10.5 Å². The second kappa shape index (κ2) is 4.32. The summed E-state index contributed by atoms with van der Waals surface area (Å²) in [6, 6.07) is 8.48. The van der Waals surface area contributed by atoms with E-state index in [-0.39, 0.29) is 0 Å². The number of nitrogens with one attached hydrogen (secondary N) is 2. The van der Waals surface area contributed by atoms with Crippen molar-refractivity contribution in [2.24, 2.45) is 0 Å². The van der Waals surface area contributed by atoms with Crippen LogP contribution >= 0.6 is 0 Å². The van der Waals surface area contributed by atoms with Crippen LogP contribution in [-0.4, -0.2) is 23.3 Å². The predicted molar refractivity (Wildman–Crippen MR) is 48.1 cm³/mol. The van der Waals surface area contributed by atoms with Crippen molar-refractivity contribution >= 4 is 11.7 Å². The van der Waals surface area contributed by atoms with Gasteiger partial charge in [-0.3, -0.25) is 10.6 Å². The summed E-state index contributed by atoms with van der Waals surface area (Å²) in [6.07, 6.45) is 0. The lowest BCUT2D eigenvalue weighted by Crippen LogP contribution is -2.38. The van der Waals surface area contributed by atoms with Crippen molar-refractivity contribution in [3.8, 4) is 0 Å². The van der Waals surface area contributed by atoms with Gasteiger partial charge in [-0.05, 0) is 12.1 Å². The summed E-state index contributed by atoms with van der Waals surface area (Å²) in [5, 5.41) is 9.13. The molecule has 5 heteroatoms. The molecular weight excluding hydrogens is 170 g/mol. The van der Waals surface area contributed by atoms with Crippen molar-refractivity contribution < 1.29 is 10.0 Å². The number of hydrazine groups is 1. The Morgan fingerprint density at radius 1 is 1.38 bits per heavy atom. The number of hydroxylamine groups is 2. The van der Waals surface area contributed by atoms with Crippen molar-refractivity contribution in [3.63, 3.8) is 0 Å². The zero-order chi connectivity index (χ0) is 9.68. The largest absolute Gasteiger partial charge is 0.359 e. The van der Waals surface area contributed by atoms with E-state index in [1.807, 2.05) is 18.2 Å². The van der Waals surface area contributed by atoms with Crippen LogP contribution in [0, 0.1) is 0 Å². The summed E-state index contributed by atoms with van der Waals surface area (Å²) in [7, 11) is 1.24. The third-order valence-electron chi connectivity index (χ3n) is 1.38. The average Bonchev–Trinajstić information content (AvgIpc) is 2.15. The minimum atomic E-state index is -0.621. The Labute approximate surface area is 75.9 Å². The Morgan fingerprint density at radius 2 is 2.00 bits per heavy atom. The van der Waals surface area contributed by atoms with Crippen molar-refractivity contribution in [1.29, 1.82) is 0 Å². The molecule has 0 aliphatic rings. The Kier molecular flexibility index (Phi) is 3.10. The van der Waals surface area contributed by atoms with Crippen LogP contribution in [0.15, 0.2) is 30.3 Å². The van der Waals surface area contributed by atoms with Gasteiger partial charge < -0.3 is 0 Å². The number of hydrogen-bond donors (Lipinski definition) is 3. The van der Waals surface area contributed by atoms with Gasteiger partial charge >= 0.3 is 6.03 Å². The summed E-state index contributed by atoms with van der Waals surface area (Å²) in [6.45, 7) is 0. The molecule has 0 aliphatic heterocycles. The molecule has 5 nitrogen and oxygen atoms in total. The van der Waals surface area contributed by atoms with Crippen LogP contribution in [0.4, 0.5) is 10.5 Å². The number of carbonyl (C=O) groups is 1. The first kappa shape index (κ1) is 9.34. The lowest BCUT2D eigenvalue weighted by atomic mass is 10.3. The number of para-hydroxylation sites is 1. The molecule has 0 bridgehead atoms. The van der Waals surface area contributed by atoms with Crippen LogP contribution < -0.4 is 10.9 Å². The van der Waals surface area contributed by atoms with Crippen LogP contribution in [0.5, 0.6) is 0 Å². The fourth-order valence-corrected chi connectivity index (χ4v) is 0.728. The number of rotatable bonds is 2. The van der Waals surface area contributed by atoms with E-state index in [4.69, 9.17) is 5.21 Å². The second-order valence-electron chi connectivity index (χ2n) is 2.44. The van der Waals surface area contributed by atoms with Crippen molar-refractivity contribution in [3.05, 3.63) is 30.3 Å². The fourth-order valence-electron chi connectivity index (χ4n) is 0.728. The van der Waals surface area contributed by atoms with Crippen LogP contribution in [0.3, 0.4) is 0 Å². The van der Waals surface area contributed by atoms with E-state index in [1.165, 1.54) is 7.05 Å². The molecule has 0 aliphatic carbocycles. The molecule has 1 aromatic rings. The van der Waals surface area contributed by atoms with Gasteiger partial charge in [0.25, 0.3) is 0 Å². The minimum absolute atomic E-state index is 0.454. The van der Waals surface area contributed by atoms with Crippen LogP contribution in [0.1, 0.15) is 0 Å². The number of anilines is 1. The molecule has 1 aromatic carbocycles. The number of amides is 2. The van der Waals surface area contributed by atoms with E-state index in [1.54, 1.807) is 12.1 Å². The maximum atomic E-state index is 10.8. The summed E-state index contributed by atoms with van der Waals surface area (Å²) in [5.41, 5.74) is 5.66.